The third kappa shape index (κ3) is 2.54. The number of esters is 1. The molecule has 0 aromatic carbocycles. The van der Waals surface area contributed by atoms with E-state index >= 15 is 0 Å². The van der Waals surface area contributed by atoms with E-state index in [-0.39, 0.29) is 10.3 Å². The van der Waals surface area contributed by atoms with Gasteiger partial charge in [-0.05, 0) is 26.0 Å². The lowest BCUT2D eigenvalue weighted by Gasteiger charge is -2.12. The van der Waals surface area contributed by atoms with Gasteiger partial charge in [-0.15, -0.1) is 0 Å². The second-order valence-corrected chi connectivity index (χ2v) is 4.94. The van der Waals surface area contributed by atoms with Crippen LogP contribution in [0.5, 0.6) is 0 Å². The van der Waals surface area contributed by atoms with Crippen LogP contribution in [0.3, 0.4) is 0 Å². The van der Waals surface area contributed by atoms with Crippen molar-refractivity contribution in [2.24, 2.45) is 4.99 Å². The second kappa shape index (κ2) is 4.09. The predicted octanol–water partition coefficient (Wildman–Crippen LogP) is 2.23. The third-order valence-electron chi connectivity index (χ3n) is 1.89. The average Bonchev–Trinajstić information content (AvgIpc) is 2.24. The highest BCUT2D eigenvalue weighted by molar-refractivity contribution is 9.10. The highest BCUT2D eigenvalue weighted by atomic mass is 79.9. The molecule has 1 aliphatic rings. The summed E-state index contributed by atoms with van der Waals surface area (Å²) in [5.41, 5.74) is 1.16. The molecular weight excluding hydrogens is 246 g/mol. The quantitative estimate of drug-likeness (QED) is 0.534. The molecule has 0 aromatic heterocycles. The average molecular weight is 258 g/mol. The molecule has 0 spiro atoms. The fraction of sp³-hybridized carbons (Fsp3) is 0.400. The molecule has 0 saturated heterocycles. The lowest BCUT2D eigenvalue weighted by molar-refractivity contribution is -0.135. The number of nitrogens with zero attached hydrogens (tertiary/aromatic N) is 1. The van der Waals surface area contributed by atoms with Crippen LogP contribution in [0.2, 0.25) is 0 Å². The number of halogens is 1. The molecule has 76 valence electrons. The van der Waals surface area contributed by atoms with Crippen molar-refractivity contribution in [3.63, 3.8) is 0 Å². The summed E-state index contributed by atoms with van der Waals surface area (Å²) in [6.07, 6.45) is 5.34. The molecular formula is C10H12BrNO2. The standard InChI is InChI=1S/C10H12BrNO2/c1-7-8(9(13)14-3)6-10(2,11)4-5-12-7/h4-6H,1-3H3. The van der Waals surface area contributed by atoms with Gasteiger partial charge in [-0.25, -0.2) is 4.79 Å². The molecule has 0 amide bonds. The van der Waals surface area contributed by atoms with Gasteiger partial charge in [-0.2, -0.15) is 0 Å². The van der Waals surface area contributed by atoms with Crippen LogP contribution in [0, 0.1) is 0 Å². The number of rotatable bonds is 1. The van der Waals surface area contributed by atoms with E-state index in [0.29, 0.717) is 11.3 Å². The van der Waals surface area contributed by atoms with Crippen molar-refractivity contribution in [1.29, 1.82) is 0 Å². The summed E-state index contributed by atoms with van der Waals surface area (Å²) >= 11 is 3.46. The van der Waals surface area contributed by atoms with Gasteiger partial charge in [-0.1, -0.05) is 15.9 Å². The van der Waals surface area contributed by atoms with E-state index in [1.54, 1.807) is 19.2 Å². The third-order valence-corrected chi connectivity index (χ3v) is 2.38. The zero-order valence-corrected chi connectivity index (χ0v) is 9.96. The molecule has 0 N–H and O–H groups in total. The maximum atomic E-state index is 11.4. The van der Waals surface area contributed by atoms with Gasteiger partial charge >= 0.3 is 5.97 Å². The Labute approximate surface area is 91.7 Å². The second-order valence-electron chi connectivity index (χ2n) is 3.23. The van der Waals surface area contributed by atoms with Gasteiger partial charge in [0.05, 0.1) is 22.7 Å². The Bertz CT molecular complexity index is 340. The van der Waals surface area contributed by atoms with E-state index in [2.05, 4.69) is 25.7 Å². The minimum absolute atomic E-state index is 0.349. The Morgan fingerprint density at radius 2 is 2.29 bits per heavy atom. The van der Waals surface area contributed by atoms with Crippen LogP contribution in [0.25, 0.3) is 0 Å². The van der Waals surface area contributed by atoms with Crippen molar-refractivity contribution in [2.75, 3.05) is 7.11 Å². The minimum atomic E-state index is -0.361. The summed E-state index contributed by atoms with van der Waals surface area (Å²) < 4.78 is 4.32. The number of carbonyl (C=O) groups is 1. The maximum Gasteiger partial charge on any atom is 0.339 e. The molecule has 3 nitrogen and oxygen atoms in total. The largest absolute Gasteiger partial charge is 0.465 e. The maximum absolute atomic E-state index is 11.4. The molecule has 14 heavy (non-hydrogen) atoms. The molecule has 0 aromatic rings. The highest BCUT2D eigenvalue weighted by Crippen LogP contribution is 2.25. The molecule has 1 aliphatic heterocycles. The van der Waals surface area contributed by atoms with E-state index in [9.17, 15) is 4.79 Å². The molecule has 0 bridgehead atoms. The van der Waals surface area contributed by atoms with Gasteiger partial charge in [0.2, 0.25) is 0 Å². The first-order valence-corrected chi connectivity index (χ1v) is 4.98. The molecule has 1 rings (SSSR count). The van der Waals surface area contributed by atoms with Gasteiger partial charge in [0.15, 0.2) is 0 Å². The molecule has 0 aliphatic carbocycles. The normalized spacial score (nSPS) is 26.3. The van der Waals surface area contributed by atoms with Crippen molar-refractivity contribution >= 4 is 27.6 Å². The van der Waals surface area contributed by atoms with Crippen molar-refractivity contribution in [2.45, 2.75) is 18.2 Å². The van der Waals surface area contributed by atoms with E-state index < -0.39 is 0 Å². The zero-order valence-electron chi connectivity index (χ0n) is 8.37. The summed E-state index contributed by atoms with van der Waals surface area (Å²) in [4.78, 5) is 15.5. The molecule has 0 saturated carbocycles. The predicted molar refractivity (Wildman–Crippen MR) is 59.7 cm³/mol. The van der Waals surface area contributed by atoms with Crippen LogP contribution in [-0.2, 0) is 9.53 Å². The molecule has 0 radical (unpaired) electrons. The number of hydrogen-bond donors (Lipinski definition) is 0. The van der Waals surface area contributed by atoms with Gasteiger partial charge in [0, 0.05) is 6.20 Å². The number of hydrogen-bond acceptors (Lipinski definition) is 3. The topological polar surface area (TPSA) is 38.7 Å². The van der Waals surface area contributed by atoms with Crippen LogP contribution in [0.15, 0.2) is 28.9 Å². The van der Waals surface area contributed by atoms with Gasteiger partial charge in [0.1, 0.15) is 0 Å². The first-order chi connectivity index (χ1) is 6.46. The number of carbonyl (C=O) groups excluding carboxylic acids is 1. The van der Waals surface area contributed by atoms with Gasteiger partial charge in [0.25, 0.3) is 0 Å². The Balaban J connectivity index is 3.13. The van der Waals surface area contributed by atoms with E-state index in [0.717, 1.165) is 0 Å². The van der Waals surface area contributed by atoms with Crippen LogP contribution < -0.4 is 0 Å². The lowest BCUT2D eigenvalue weighted by atomic mass is 10.1. The summed E-state index contributed by atoms with van der Waals surface area (Å²) in [6.45, 7) is 3.71. The van der Waals surface area contributed by atoms with Crippen LogP contribution in [0.1, 0.15) is 13.8 Å². The van der Waals surface area contributed by atoms with E-state index in [1.807, 2.05) is 13.0 Å². The highest BCUT2D eigenvalue weighted by Gasteiger charge is 2.22. The van der Waals surface area contributed by atoms with E-state index in [4.69, 9.17) is 0 Å². The van der Waals surface area contributed by atoms with Crippen LogP contribution in [-0.4, -0.2) is 23.1 Å². The van der Waals surface area contributed by atoms with Crippen LogP contribution >= 0.6 is 15.9 Å². The van der Waals surface area contributed by atoms with Crippen molar-refractivity contribution in [1.82, 2.24) is 0 Å². The first kappa shape index (κ1) is 11.2. The first-order valence-electron chi connectivity index (χ1n) is 4.19. The lowest BCUT2D eigenvalue weighted by Crippen LogP contribution is -2.16. The van der Waals surface area contributed by atoms with Crippen molar-refractivity contribution < 1.29 is 9.53 Å². The van der Waals surface area contributed by atoms with Crippen molar-refractivity contribution in [3.8, 4) is 0 Å². The summed E-state index contributed by atoms with van der Waals surface area (Å²) in [5, 5.41) is 0. The molecule has 1 atom stereocenters. The van der Waals surface area contributed by atoms with E-state index in [1.165, 1.54) is 7.11 Å². The number of ether oxygens (including phenoxy) is 1. The Kier molecular flexibility index (Phi) is 3.26. The Morgan fingerprint density at radius 1 is 1.64 bits per heavy atom. The number of methoxy groups -OCH3 is 1. The van der Waals surface area contributed by atoms with Gasteiger partial charge < -0.3 is 4.74 Å². The zero-order chi connectivity index (χ0) is 10.8. The fourth-order valence-electron chi connectivity index (χ4n) is 1.12. The summed E-state index contributed by atoms with van der Waals surface area (Å²) in [7, 11) is 1.36. The Morgan fingerprint density at radius 3 is 2.86 bits per heavy atom. The number of aliphatic imine (C=N–C) groups is 1. The molecule has 1 heterocycles. The molecule has 1 unspecified atom stereocenters. The monoisotopic (exact) mass is 257 g/mol. The van der Waals surface area contributed by atoms with Gasteiger partial charge in [-0.3, -0.25) is 4.99 Å². The fourth-order valence-corrected chi connectivity index (χ4v) is 1.46. The minimum Gasteiger partial charge on any atom is -0.465 e. The van der Waals surface area contributed by atoms with Crippen molar-refractivity contribution in [3.05, 3.63) is 23.9 Å². The molecule has 4 heteroatoms. The number of allylic oxidation sites excluding steroid dienone is 2. The summed E-state index contributed by atoms with van der Waals surface area (Å²) in [5.74, 6) is -0.361. The van der Waals surface area contributed by atoms with Crippen LogP contribution in [0.4, 0.5) is 0 Å². The smallest absolute Gasteiger partial charge is 0.339 e. The number of alkyl halides is 1. The molecule has 0 fully saturated rings. The SMILES string of the molecule is COC(=O)C1=CC(C)(Br)C=CN=C1C. The summed E-state index contributed by atoms with van der Waals surface area (Å²) in [6, 6.07) is 0. The Hall–Kier alpha value is -0.900.